The summed E-state index contributed by atoms with van der Waals surface area (Å²) in [5.74, 6) is 0. The Balaban J connectivity index is 1.19. The Morgan fingerprint density at radius 1 is 0.600 bits per heavy atom. The Morgan fingerprint density at radius 3 is 2.18 bits per heavy atom. The summed E-state index contributed by atoms with van der Waals surface area (Å²) in [6.07, 6.45) is 9.37. The molecule has 60 heavy (non-hydrogen) atoms. The lowest BCUT2D eigenvalue weighted by Gasteiger charge is -2.49. The summed E-state index contributed by atoms with van der Waals surface area (Å²) in [4.78, 5) is 5.19. The SMILES string of the molecule is Cc1ccc(Nc2ccc3c(c2-c2cc4ccccc4c4c2Sc2cccc5c2N4c2ccccc2C5(C2=CCCC=C2)c2ccccc2)-c2ccccc2C3(C)C)cc1. The highest BCUT2D eigenvalue weighted by Gasteiger charge is 2.50. The molecule has 0 saturated carbocycles. The molecule has 2 heterocycles. The van der Waals surface area contributed by atoms with Gasteiger partial charge in [0.15, 0.2) is 0 Å². The molecule has 8 aromatic rings. The van der Waals surface area contributed by atoms with Gasteiger partial charge < -0.3 is 10.2 Å². The first-order chi connectivity index (χ1) is 29.4. The van der Waals surface area contributed by atoms with Gasteiger partial charge in [-0.15, -0.1) is 0 Å². The van der Waals surface area contributed by atoms with E-state index in [9.17, 15) is 0 Å². The molecule has 0 bridgehead atoms. The van der Waals surface area contributed by atoms with E-state index in [1.807, 2.05) is 11.8 Å². The molecule has 12 rings (SSSR count). The molecule has 1 atom stereocenters. The van der Waals surface area contributed by atoms with Gasteiger partial charge in [0, 0.05) is 43.1 Å². The molecule has 2 aliphatic heterocycles. The molecular formula is C57H44N2S. The highest BCUT2D eigenvalue weighted by molar-refractivity contribution is 8.00. The fourth-order valence-corrected chi connectivity index (χ4v) is 12.1. The Labute approximate surface area is 357 Å². The maximum atomic E-state index is 3.95. The number of anilines is 5. The summed E-state index contributed by atoms with van der Waals surface area (Å²) >= 11 is 1.94. The molecule has 0 saturated heterocycles. The van der Waals surface area contributed by atoms with Crippen LogP contribution in [0.3, 0.4) is 0 Å². The molecule has 1 N–H and O–H groups in total. The zero-order valence-electron chi connectivity index (χ0n) is 34.1. The van der Waals surface area contributed by atoms with Crippen LogP contribution in [0, 0.1) is 6.92 Å². The molecule has 0 fully saturated rings. The maximum Gasteiger partial charge on any atom is 0.0739 e. The van der Waals surface area contributed by atoms with Crippen LogP contribution in [-0.4, -0.2) is 0 Å². The van der Waals surface area contributed by atoms with Crippen molar-refractivity contribution in [1.82, 2.24) is 0 Å². The van der Waals surface area contributed by atoms with Crippen LogP contribution in [0.4, 0.5) is 28.4 Å². The average molecular weight is 789 g/mol. The fraction of sp³-hybridized carbons (Fsp3) is 0.123. The smallest absolute Gasteiger partial charge is 0.0739 e. The molecule has 2 aliphatic carbocycles. The normalized spacial score (nSPS) is 17.6. The van der Waals surface area contributed by atoms with E-state index in [-0.39, 0.29) is 5.41 Å². The van der Waals surface area contributed by atoms with Crippen molar-refractivity contribution in [2.24, 2.45) is 0 Å². The van der Waals surface area contributed by atoms with E-state index in [2.05, 4.69) is 213 Å². The number of nitrogens with zero attached hydrogens (tertiary/aromatic N) is 1. The first-order valence-corrected chi connectivity index (χ1v) is 22.1. The van der Waals surface area contributed by atoms with Gasteiger partial charge in [-0.25, -0.2) is 0 Å². The number of benzene rings is 8. The van der Waals surface area contributed by atoms with Crippen molar-refractivity contribution >= 4 is 51.0 Å². The molecule has 0 amide bonds. The van der Waals surface area contributed by atoms with E-state index in [0.717, 1.165) is 24.2 Å². The summed E-state index contributed by atoms with van der Waals surface area (Å²) in [7, 11) is 0. The van der Waals surface area contributed by atoms with Gasteiger partial charge in [-0.2, -0.15) is 0 Å². The molecule has 0 aromatic heterocycles. The number of rotatable bonds is 5. The lowest BCUT2D eigenvalue weighted by molar-refractivity contribution is 0.660. The van der Waals surface area contributed by atoms with E-state index in [1.54, 1.807) is 0 Å². The largest absolute Gasteiger partial charge is 0.355 e. The first-order valence-electron chi connectivity index (χ1n) is 21.3. The van der Waals surface area contributed by atoms with Gasteiger partial charge in [0.25, 0.3) is 0 Å². The third-order valence-electron chi connectivity index (χ3n) is 13.6. The second-order valence-corrected chi connectivity index (χ2v) is 18.3. The molecule has 288 valence electrons. The summed E-state index contributed by atoms with van der Waals surface area (Å²) in [6.45, 7) is 6.92. The monoisotopic (exact) mass is 788 g/mol. The number of allylic oxidation sites excluding steroid dienone is 4. The van der Waals surface area contributed by atoms with E-state index < -0.39 is 5.41 Å². The number of fused-ring (bicyclic) bond motifs is 9. The highest BCUT2D eigenvalue weighted by atomic mass is 32.2. The van der Waals surface area contributed by atoms with Crippen molar-refractivity contribution in [3.8, 4) is 22.3 Å². The zero-order chi connectivity index (χ0) is 40.2. The number of hydrogen-bond donors (Lipinski definition) is 1. The quantitative estimate of drug-likeness (QED) is 0.187. The third-order valence-corrected chi connectivity index (χ3v) is 14.7. The molecule has 1 unspecified atom stereocenters. The molecular weight excluding hydrogens is 745 g/mol. The van der Waals surface area contributed by atoms with Gasteiger partial charge in [-0.1, -0.05) is 177 Å². The van der Waals surface area contributed by atoms with Crippen molar-refractivity contribution in [3.63, 3.8) is 0 Å². The van der Waals surface area contributed by atoms with Crippen molar-refractivity contribution in [2.75, 3.05) is 10.2 Å². The van der Waals surface area contributed by atoms with Crippen LogP contribution in [0.1, 0.15) is 60.1 Å². The van der Waals surface area contributed by atoms with Gasteiger partial charge in [0.05, 0.1) is 22.5 Å². The van der Waals surface area contributed by atoms with Gasteiger partial charge in [-0.05, 0) is 106 Å². The van der Waals surface area contributed by atoms with Crippen LogP contribution < -0.4 is 10.2 Å². The minimum Gasteiger partial charge on any atom is -0.355 e. The first kappa shape index (κ1) is 35.4. The summed E-state index contributed by atoms with van der Waals surface area (Å²) in [6, 6.07) is 61.6. The lowest BCUT2D eigenvalue weighted by atomic mass is 9.61. The summed E-state index contributed by atoms with van der Waals surface area (Å²) < 4.78 is 0. The molecule has 3 heteroatoms. The van der Waals surface area contributed by atoms with Gasteiger partial charge in [0.2, 0.25) is 0 Å². The van der Waals surface area contributed by atoms with Gasteiger partial charge in [-0.3, -0.25) is 0 Å². The van der Waals surface area contributed by atoms with Crippen molar-refractivity contribution in [2.45, 2.75) is 54.2 Å². The Morgan fingerprint density at radius 2 is 1.35 bits per heavy atom. The Kier molecular flexibility index (Phi) is 7.80. The summed E-state index contributed by atoms with van der Waals surface area (Å²) in [5, 5.41) is 6.43. The number of aryl methyl sites for hydroxylation is 1. The molecule has 4 aliphatic rings. The van der Waals surface area contributed by atoms with E-state index >= 15 is 0 Å². The molecule has 0 radical (unpaired) electrons. The number of para-hydroxylation sites is 2. The van der Waals surface area contributed by atoms with Crippen LogP contribution in [0.2, 0.25) is 0 Å². The summed E-state index contributed by atoms with van der Waals surface area (Å²) in [5.41, 5.74) is 19.7. The van der Waals surface area contributed by atoms with Crippen LogP contribution in [-0.2, 0) is 10.8 Å². The van der Waals surface area contributed by atoms with Crippen LogP contribution >= 0.6 is 11.8 Å². The lowest BCUT2D eigenvalue weighted by Crippen LogP contribution is -2.39. The van der Waals surface area contributed by atoms with Crippen LogP contribution in [0.5, 0.6) is 0 Å². The highest BCUT2D eigenvalue weighted by Crippen LogP contribution is 2.67. The molecule has 8 aromatic carbocycles. The van der Waals surface area contributed by atoms with Crippen molar-refractivity contribution in [3.05, 3.63) is 221 Å². The van der Waals surface area contributed by atoms with E-state index in [0.29, 0.717) is 0 Å². The van der Waals surface area contributed by atoms with Crippen molar-refractivity contribution in [1.29, 1.82) is 0 Å². The van der Waals surface area contributed by atoms with Gasteiger partial charge >= 0.3 is 0 Å². The Bertz CT molecular complexity index is 3140. The van der Waals surface area contributed by atoms with Crippen LogP contribution in [0.15, 0.2) is 197 Å². The second-order valence-electron chi connectivity index (χ2n) is 17.3. The third kappa shape index (κ3) is 4.90. The zero-order valence-corrected chi connectivity index (χ0v) is 34.9. The van der Waals surface area contributed by atoms with E-state index in [4.69, 9.17) is 0 Å². The topological polar surface area (TPSA) is 15.3 Å². The minimum atomic E-state index is -0.483. The van der Waals surface area contributed by atoms with Crippen LogP contribution in [0.25, 0.3) is 33.0 Å². The maximum absolute atomic E-state index is 3.95. The predicted molar refractivity (Wildman–Crippen MR) is 253 cm³/mol. The average Bonchev–Trinajstić information content (AvgIpc) is 3.53. The standard InChI is InChI=1S/C57H44N2S/c1-36-29-31-40(32-30-36)58-48-34-33-46-51(42-23-12-13-24-44(42)56(46,2)3)52(48)43-35-37-17-10-11-22-41(37)53-55(43)60-50-28-16-26-47-54(50)59(53)49-27-15-14-25-45(49)57(47,38-18-6-4-7-19-38)39-20-8-5-9-21-39/h4,6-8,10-35,58H,5,9H2,1-3H3. The fourth-order valence-electron chi connectivity index (χ4n) is 10.9. The number of nitrogens with one attached hydrogen (secondary N) is 1. The number of hydrogen-bond acceptors (Lipinski definition) is 3. The second kappa shape index (κ2) is 13.2. The molecule has 2 nitrogen and oxygen atoms in total. The molecule has 0 spiro atoms. The van der Waals surface area contributed by atoms with Gasteiger partial charge in [0.1, 0.15) is 0 Å². The minimum absolute atomic E-state index is 0.149. The Hall–Kier alpha value is -6.55. The van der Waals surface area contributed by atoms with E-state index in [1.165, 1.54) is 98.8 Å². The predicted octanol–water partition coefficient (Wildman–Crippen LogP) is 15.7. The van der Waals surface area contributed by atoms with Crippen molar-refractivity contribution < 1.29 is 0 Å².